The van der Waals surface area contributed by atoms with Crippen molar-refractivity contribution in [2.75, 3.05) is 12.4 Å². The molecule has 1 aliphatic rings. The summed E-state index contributed by atoms with van der Waals surface area (Å²) >= 11 is 5.96. The Kier molecular flexibility index (Phi) is 6.18. The number of halogens is 1. The van der Waals surface area contributed by atoms with E-state index in [0.29, 0.717) is 24.2 Å². The molecule has 0 aromatic rings. The maximum Gasteiger partial charge on any atom is 0.220 e. The van der Waals surface area contributed by atoms with Gasteiger partial charge in [0.1, 0.15) is 0 Å². The molecule has 0 bridgehead atoms. The van der Waals surface area contributed by atoms with E-state index in [1.807, 2.05) is 0 Å². The fourth-order valence-corrected chi connectivity index (χ4v) is 2.85. The molecule has 1 aliphatic carbocycles. The minimum absolute atomic E-state index is 0.189. The van der Waals surface area contributed by atoms with Crippen LogP contribution in [0, 0.1) is 17.8 Å². The normalized spacial score (nSPS) is 25.8. The van der Waals surface area contributed by atoms with Crippen LogP contribution in [0.4, 0.5) is 0 Å². The smallest absolute Gasteiger partial charge is 0.220 e. The molecule has 2 atom stereocenters. The van der Waals surface area contributed by atoms with Crippen molar-refractivity contribution < 1.29 is 4.79 Å². The summed E-state index contributed by atoms with van der Waals surface area (Å²) in [6, 6.07) is 0. The van der Waals surface area contributed by atoms with Gasteiger partial charge in [-0.3, -0.25) is 4.79 Å². The van der Waals surface area contributed by atoms with Crippen molar-refractivity contribution in [2.45, 2.75) is 46.0 Å². The maximum absolute atomic E-state index is 11.5. The summed E-state index contributed by atoms with van der Waals surface area (Å²) in [6.07, 6.45) is 5.68. The van der Waals surface area contributed by atoms with Gasteiger partial charge in [-0.25, -0.2) is 0 Å². The lowest BCUT2D eigenvalue weighted by atomic mass is 9.80. The highest BCUT2D eigenvalue weighted by molar-refractivity contribution is 6.18. The summed E-state index contributed by atoms with van der Waals surface area (Å²) in [4.78, 5) is 11.5. The van der Waals surface area contributed by atoms with E-state index >= 15 is 0 Å². The van der Waals surface area contributed by atoms with Gasteiger partial charge >= 0.3 is 0 Å². The zero-order valence-electron chi connectivity index (χ0n) is 10.5. The molecule has 2 nitrogen and oxygen atoms in total. The molecule has 16 heavy (non-hydrogen) atoms. The Hall–Kier alpha value is -0.240. The van der Waals surface area contributed by atoms with Gasteiger partial charge in [0.05, 0.1) is 0 Å². The molecule has 0 heterocycles. The summed E-state index contributed by atoms with van der Waals surface area (Å²) in [7, 11) is 0. The first-order valence-electron chi connectivity index (χ1n) is 6.46. The topological polar surface area (TPSA) is 29.1 Å². The van der Waals surface area contributed by atoms with E-state index in [4.69, 9.17) is 11.6 Å². The molecule has 3 heteroatoms. The number of rotatable bonds is 5. The molecule has 94 valence electrons. The third-order valence-corrected chi connectivity index (χ3v) is 3.82. The van der Waals surface area contributed by atoms with E-state index in [0.717, 1.165) is 12.4 Å². The molecule has 0 saturated heterocycles. The van der Waals surface area contributed by atoms with Crippen LogP contribution in [0.2, 0.25) is 0 Å². The van der Waals surface area contributed by atoms with Gasteiger partial charge in [-0.05, 0) is 30.6 Å². The van der Waals surface area contributed by atoms with Crippen molar-refractivity contribution in [2.24, 2.45) is 17.8 Å². The number of nitrogens with one attached hydrogen (secondary N) is 1. The van der Waals surface area contributed by atoms with Crippen LogP contribution < -0.4 is 5.32 Å². The molecular weight excluding hydrogens is 222 g/mol. The van der Waals surface area contributed by atoms with Crippen LogP contribution >= 0.6 is 11.6 Å². The van der Waals surface area contributed by atoms with Gasteiger partial charge in [-0.1, -0.05) is 26.7 Å². The van der Waals surface area contributed by atoms with Crippen molar-refractivity contribution in [1.82, 2.24) is 5.32 Å². The monoisotopic (exact) mass is 245 g/mol. The lowest BCUT2D eigenvalue weighted by Gasteiger charge is -2.30. The lowest BCUT2D eigenvalue weighted by Crippen LogP contribution is -2.35. The number of alkyl halides is 1. The largest absolute Gasteiger partial charge is 0.356 e. The van der Waals surface area contributed by atoms with Crippen LogP contribution in [-0.4, -0.2) is 18.3 Å². The van der Waals surface area contributed by atoms with Gasteiger partial charge in [-0.2, -0.15) is 0 Å². The highest BCUT2D eigenvalue weighted by Crippen LogP contribution is 2.30. The Morgan fingerprint density at radius 3 is 2.50 bits per heavy atom. The standard InChI is InChI=1S/C13H24ClNO/c1-10(2)7-13(16)15-9-12-6-4-3-5-11(12)8-14/h10-12H,3-9H2,1-2H3,(H,15,16). The number of amides is 1. The quantitative estimate of drug-likeness (QED) is 0.741. The van der Waals surface area contributed by atoms with Gasteiger partial charge in [0, 0.05) is 18.8 Å². The molecule has 0 aliphatic heterocycles. The lowest BCUT2D eigenvalue weighted by molar-refractivity contribution is -0.122. The fourth-order valence-electron chi connectivity index (χ4n) is 2.44. The molecule has 1 amide bonds. The predicted octanol–water partition coefficient (Wildman–Crippen LogP) is 3.19. The Balaban J connectivity index is 2.27. The Labute approximate surface area is 104 Å². The maximum atomic E-state index is 11.5. The van der Waals surface area contributed by atoms with E-state index in [-0.39, 0.29) is 5.91 Å². The molecule has 0 spiro atoms. The molecule has 2 unspecified atom stereocenters. The molecular formula is C13H24ClNO. The van der Waals surface area contributed by atoms with Crippen LogP contribution in [0.25, 0.3) is 0 Å². The van der Waals surface area contributed by atoms with Crippen molar-refractivity contribution in [3.05, 3.63) is 0 Å². The first-order chi connectivity index (χ1) is 7.63. The molecule has 1 fully saturated rings. The molecule has 0 radical (unpaired) electrons. The first-order valence-corrected chi connectivity index (χ1v) is 6.99. The second-order valence-corrected chi connectivity index (χ2v) is 5.67. The molecule has 1 N–H and O–H groups in total. The summed E-state index contributed by atoms with van der Waals surface area (Å²) in [5, 5.41) is 3.05. The minimum Gasteiger partial charge on any atom is -0.356 e. The Morgan fingerprint density at radius 1 is 1.31 bits per heavy atom. The number of carbonyl (C=O) groups is 1. The van der Waals surface area contributed by atoms with Crippen molar-refractivity contribution in [3.8, 4) is 0 Å². The van der Waals surface area contributed by atoms with Gasteiger partial charge in [-0.15, -0.1) is 11.6 Å². The number of hydrogen-bond acceptors (Lipinski definition) is 1. The Morgan fingerprint density at radius 2 is 1.94 bits per heavy atom. The zero-order valence-corrected chi connectivity index (χ0v) is 11.2. The van der Waals surface area contributed by atoms with Gasteiger partial charge < -0.3 is 5.32 Å². The average Bonchev–Trinajstić information content (AvgIpc) is 2.26. The summed E-state index contributed by atoms with van der Waals surface area (Å²) < 4.78 is 0. The summed E-state index contributed by atoms with van der Waals surface area (Å²) in [6.45, 7) is 4.96. The number of carbonyl (C=O) groups excluding carboxylic acids is 1. The average molecular weight is 246 g/mol. The summed E-state index contributed by atoms with van der Waals surface area (Å²) in [5.74, 6) is 2.58. The third-order valence-electron chi connectivity index (χ3n) is 3.42. The molecule has 1 saturated carbocycles. The van der Waals surface area contributed by atoms with Crippen LogP contribution in [0.1, 0.15) is 46.0 Å². The van der Waals surface area contributed by atoms with E-state index in [1.165, 1.54) is 25.7 Å². The highest BCUT2D eigenvalue weighted by Gasteiger charge is 2.24. The highest BCUT2D eigenvalue weighted by atomic mass is 35.5. The molecule has 0 aromatic heterocycles. The van der Waals surface area contributed by atoms with Gasteiger partial charge in [0.2, 0.25) is 5.91 Å². The third kappa shape index (κ3) is 4.73. The van der Waals surface area contributed by atoms with Crippen molar-refractivity contribution in [3.63, 3.8) is 0 Å². The number of hydrogen-bond donors (Lipinski definition) is 1. The van der Waals surface area contributed by atoms with Crippen molar-refractivity contribution in [1.29, 1.82) is 0 Å². The predicted molar refractivity (Wildman–Crippen MR) is 68.6 cm³/mol. The molecule has 0 aromatic carbocycles. The van der Waals surface area contributed by atoms with Crippen LogP contribution in [0.3, 0.4) is 0 Å². The molecule has 1 rings (SSSR count). The minimum atomic E-state index is 0.189. The van der Waals surface area contributed by atoms with Gasteiger partial charge in [0.25, 0.3) is 0 Å². The Bertz CT molecular complexity index is 218. The van der Waals surface area contributed by atoms with Gasteiger partial charge in [0.15, 0.2) is 0 Å². The van der Waals surface area contributed by atoms with Crippen LogP contribution in [-0.2, 0) is 4.79 Å². The SMILES string of the molecule is CC(C)CC(=O)NCC1CCCCC1CCl. The van der Waals surface area contributed by atoms with E-state index in [2.05, 4.69) is 19.2 Å². The summed E-state index contributed by atoms with van der Waals surface area (Å²) in [5.41, 5.74) is 0. The zero-order chi connectivity index (χ0) is 12.0. The van der Waals surface area contributed by atoms with E-state index in [1.54, 1.807) is 0 Å². The fraction of sp³-hybridized carbons (Fsp3) is 0.923. The van der Waals surface area contributed by atoms with Crippen LogP contribution in [0.15, 0.2) is 0 Å². The van der Waals surface area contributed by atoms with Crippen molar-refractivity contribution >= 4 is 17.5 Å². The van der Waals surface area contributed by atoms with E-state index in [9.17, 15) is 4.79 Å². The second-order valence-electron chi connectivity index (χ2n) is 5.36. The van der Waals surface area contributed by atoms with E-state index < -0.39 is 0 Å². The first kappa shape index (κ1) is 13.8. The van der Waals surface area contributed by atoms with Crippen LogP contribution in [0.5, 0.6) is 0 Å². The second kappa shape index (κ2) is 7.16.